The normalized spacial score (nSPS) is 21.6. The van der Waals surface area contributed by atoms with E-state index in [4.69, 9.17) is 0 Å². The fourth-order valence-corrected chi connectivity index (χ4v) is 7.94. The van der Waals surface area contributed by atoms with Crippen LogP contribution < -0.4 is 0 Å². The smallest absolute Gasteiger partial charge is 0.291 e. The summed E-state index contributed by atoms with van der Waals surface area (Å²) in [4.78, 5) is 18.2. The predicted molar refractivity (Wildman–Crippen MR) is 150 cm³/mol. The number of nitrogens with zero attached hydrogens (tertiary/aromatic N) is 5. The van der Waals surface area contributed by atoms with E-state index in [1.807, 2.05) is 6.08 Å². The Morgan fingerprint density at radius 1 is 1.14 bits per heavy atom. The van der Waals surface area contributed by atoms with Crippen molar-refractivity contribution >= 4 is 27.3 Å². The van der Waals surface area contributed by atoms with Gasteiger partial charge in [-0.15, -0.1) is 0 Å². The van der Waals surface area contributed by atoms with Crippen molar-refractivity contribution in [3.63, 3.8) is 0 Å². The van der Waals surface area contributed by atoms with Crippen molar-refractivity contribution in [1.82, 2.24) is 24.5 Å². The van der Waals surface area contributed by atoms with Gasteiger partial charge in [0.15, 0.2) is 5.78 Å². The summed E-state index contributed by atoms with van der Waals surface area (Å²) in [5.41, 5.74) is 0.876. The first-order chi connectivity index (χ1) is 19.9. The maximum absolute atomic E-state index is 14.3. The number of fused-ring (bicyclic) bond motifs is 2. The third-order valence-electron chi connectivity index (χ3n) is 8.17. The van der Waals surface area contributed by atoms with Crippen LogP contribution in [-0.2, 0) is 29.2 Å². The summed E-state index contributed by atoms with van der Waals surface area (Å²) in [6.07, 6.45) is 3.07. The molecule has 0 spiro atoms. The highest BCUT2D eigenvalue weighted by Gasteiger charge is 2.50. The highest BCUT2D eigenvalue weighted by Crippen LogP contribution is 2.52. The van der Waals surface area contributed by atoms with Crippen LogP contribution in [0.2, 0.25) is 0 Å². The number of aromatic nitrogens is 5. The standard InChI is InChI=1S/C30H27F4N5O2S/c1-38-12-11-27(37-38)42(2,41)18-19-3-4-21-13-26-20(16-36-39(26)24-8-6-23(31)7-9-24)15-29(21,14-19)28(40)25-10-5-22(17-35-25)30(32,33)34/h5-13,16-17,19H,2-4,14-15,18H2,1H3/t19?,29-,42?/m1/s1. The molecule has 3 atom stereocenters. The van der Waals surface area contributed by atoms with Crippen molar-refractivity contribution < 1.29 is 26.6 Å². The molecule has 2 unspecified atom stereocenters. The molecule has 0 radical (unpaired) electrons. The number of hydrogen-bond acceptors (Lipinski definition) is 5. The first-order valence-electron chi connectivity index (χ1n) is 13.3. The van der Waals surface area contributed by atoms with Crippen LogP contribution in [0.15, 0.2) is 71.7 Å². The van der Waals surface area contributed by atoms with Gasteiger partial charge in [-0.3, -0.25) is 18.7 Å². The van der Waals surface area contributed by atoms with Gasteiger partial charge in [0.25, 0.3) is 0 Å². The molecule has 0 bridgehead atoms. The topological polar surface area (TPSA) is 82.7 Å². The van der Waals surface area contributed by atoms with Crippen LogP contribution in [0.25, 0.3) is 11.8 Å². The van der Waals surface area contributed by atoms with Crippen LogP contribution in [0.5, 0.6) is 0 Å². The molecule has 2 aliphatic carbocycles. The summed E-state index contributed by atoms with van der Waals surface area (Å²) in [5.74, 6) is 3.27. The quantitative estimate of drug-likeness (QED) is 0.166. The number of aryl methyl sites for hydroxylation is 1. The van der Waals surface area contributed by atoms with E-state index in [-0.39, 0.29) is 35.4 Å². The van der Waals surface area contributed by atoms with Gasteiger partial charge in [0.05, 0.1) is 28.6 Å². The number of Topliss-reactive ketones (excluding diaryl/α,β-unsaturated/α-hetero) is 1. The van der Waals surface area contributed by atoms with Crippen molar-refractivity contribution in [2.45, 2.75) is 36.9 Å². The zero-order valence-corrected chi connectivity index (χ0v) is 23.5. The second kappa shape index (κ2) is 10.0. The van der Waals surface area contributed by atoms with Crippen LogP contribution in [0, 0.1) is 17.2 Å². The lowest BCUT2D eigenvalue weighted by Crippen LogP contribution is -2.43. The Morgan fingerprint density at radius 3 is 2.55 bits per heavy atom. The average molecular weight is 598 g/mol. The molecule has 1 saturated carbocycles. The number of ketones is 1. The van der Waals surface area contributed by atoms with Gasteiger partial charge >= 0.3 is 6.18 Å². The number of allylic oxidation sites excluding steroid dienone is 1. The van der Waals surface area contributed by atoms with E-state index in [9.17, 15) is 26.6 Å². The van der Waals surface area contributed by atoms with Crippen molar-refractivity contribution in [2.24, 2.45) is 18.4 Å². The molecule has 7 nitrogen and oxygen atoms in total. The van der Waals surface area contributed by atoms with E-state index in [2.05, 4.69) is 21.1 Å². The van der Waals surface area contributed by atoms with Gasteiger partial charge in [0.1, 0.15) is 16.5 Å². The Bertz CT molecular complexity index is 1810. The van der Waals surface area contributed by atoms with E-state index in [1.165, 1.54) is 12.1 Å². The first-order valence-corrected chi connectivity index (χ1v) is 15.2. The molecule has 3 aromatic heterocycles. The lowest BCUT2D eigenvalue weighted by atomic mass is 9.59. The molecule has 12 heteroatoms. The SMILES string of the molecule is C=S(=O)(CC1CCC2=Cc3c(cnn3-c3ccc(F)cc3)C[C@]2(C(=O)c2ccc(C(F)(F)F)cn2)C1)c1ccn(C)n1. The number of hydrogen-bond donors (Lipinski definition) is 0. The molecule has 6 rings (SSSR count). The number of halogens is 4. The third kappa shape index (κ3) is 4.97. The van der Waals surface area contributed by atoms with Gasteiger partial charge in [0.2, 0.25) is 0 Å². The fourth-order valence-electron chi connectivity index (χ4n) is 6.14. The molecular weight excluding hydrogens is 570 g/mol. The van der Waals surface area contributed by atoms with Gasteiger partial charge in [-0.25, -0.2) is 9.07 Å². The minimum atomic E-state index is -4.58. The Labute approximate surface area is 239 Å². The van der Waals surface area contributed by atoms with Crippen molar-refractivity contribution in [2.75, 3.05) is 5.75 Å². The third-order valence-corrected chi connectivity index (χ3v) is 10.2. The largest absolute Gasteiger partial charge is 0.417 e. The Balaban J connectivity index is 1.39. The summed E-state index contributed by atoms with van der Waals surface area (Å²) in [6.45, 7) is 0. The zero-order chi connectivity index (χ0) is 29.9. The van der Waals surface area contributed by atoms with Crippen LogP contribution >= 0.6 is 0 Å². The summed E-state index contributed by atoms with van der Waals surface area (Å²) in [7, 11) is -1.03. The molecule has 0 aliphatic heterocycles. The lowest BCUT2D eigenvalue weighted by molar-refractivity contribution is -0.137. The molecule has 0 amide bonds. The number of carbonyl (C=O) groups is 1. The van der Waals surface area contributed by atoms with E-state index in [0.29, 0.717) is 36.2 Å². The second-order valence-corrected chi connectivity index (χ2v) is 13.4. The summed E-state index contributed by atoms with van der Waals surface area (Å²) in [5, 5.41) is 9.19. The van der Waals surface area contributed by atoms with Gasteiger partial charge < -0.3 is 0 Å². The van der Waals surface area contributed by atoms with E-state index < -0.39 is 26.7 Å². The zero-order valence-electron chi connectivity index (χ0n) is 22.6. The Morgan fingerprint density at radius 2 is 1.90 bits per heavy atom. The highest BCUT2D eigenvalue weighted by atomic mass is 32.2. The number of alkyl halides is 3. The average Bonchev–Trinajstić information content (AvgIpc) is 3.57. The molecule has 218 valence electrons. The van der Waals surface area contributed by atoms with Crippen LogP contribution in [-0.4, -0.2) is 46.2 Å². The van der Waals surface area contributed by atoms with Gasteiger partial charge in [-0.2, -0.15) is 23.4 Å². The highest BCUT2D eigenvalue weighted by molar-refractivity contribution is 8.00. The lowest BCUT2D eigenvalue weighted by Gasteiger charge is -2.44. The number of benzene rings is 1. The first kappa shape index (κ1) is 28.1. The van der Waals surface area contributed by atoms with Crippen molar-refractivity contribution in [3.05, 3.63) is 95.0 Å². The molecule has 42 heavy (non-hydrogen) atoms. The fraction of sp³-hybridized carbons (Fsp3) is 0.300. The van der Waals surface area contributed by atoms with Gasteiger partial charge in [-0.05, 0) is 91.6 Å². The molecular formula is C30H27F4N5O2S. The molecule has 0 saturated heterocycles. The van der Waals surface area contributed by atoms with Crippen LogP contribution in [0.3, 0.4) is 0 Å². The number of rotatable bonds is 6. The van der Waals surface area contributed by atoms with Crippen molar-refractivity contribution in [1.29, 1.82) is 0 Å². The maximum atomic E-state index is 14.3. The predicted octanol–water partition coefficient (Wildman–Crippen LogP) is 5.54. The monoisotopic (exact) mass is 597 g/mol. The minimum Gasteiger partial charge on any atom is -0.291 e. The van der Waals surface area contributed by atoms with Gasteiger partial charge in [-0.1, -0.05) is 5.57 Å². The molecule has 0 N–H and O–H groups in total. The molecule has 1 aromatic carbocycles. The van der Waals surface area contributed by atoms with E-state index >= 15 is 0 Å². The van der Waals surface area contributed by atoms with E-state index in [0.717, 1.165) is 29.0 Å². The van der Waals surface area contributed by atoms with Crippen LogP contribution in [0.4, 0.5) is 17.6 Å². The molecule has 2 aliphatic rings. The van der Waals surface area contributed by atoms with Crippen molar-refractivity contribution in [3.8, 4) is 5.69 Å². The summed E-state index contributed by atoms with van der Waals surface area (Å²) >= 11 is 0. The molecule has 3 heterocycles. The molecule has 1 fully saturated rings. The van der Waals surface area contributed by atoms with Crippen LogP contribution in [0.1, 0.15) is 46.6 Å². The number of carbonyl (C=O) groups excluding carboxylic acids is 1. The Kier molecular flexibility index (Phi) is 6.71. The Hall–Kier alpha value is -4.06. The minimum absolute atomic E-state index is 0.0657. The maximum Gasteiger partial charge on any atom is 0.417 e. The summed E-state index contributed by atoms with van der Waals surface area (Å²) < 4.78 is 70.1. The van der Waals surface area contributed by atoms with Gasteiger partial charge in [0, 0.05) is 34.7 Å². The summed E-state index contributed by atoms with van der Waals surface area (Å²) in [6, 6.07) is 9.56. The second-order valence-electron chi connectivity index (χ2n) is 11.0. The van der Waals surface area contributed by atoms with E-state index in [1.54, 1.807) is 47.0 Å². The number of pyridine rings is 1. The molecule has 4 aromatic rings.